The van der Waals surface area contributed by atoms with Crippen molar-refractivity contribution in [3.8, 4) is 55.8 Å². The van der Waals surface area contributed by atoms with Crippen LogP contribution in [0.2, 0.25) is 0 Å². The highest BCUT2D eigenvalue weighted by Gasteiger charge is 2.18. The van der Waals surface area contributed by atoms with E-state index < -0.39 is 0 Å². The van der Waals surface area contributed by atoms with Crippen molar-refractivity contribution in [3.63, 3.8) is 0 Å². The molecule has 11 aromatic rings. The highest BCUT2D eigenvalue weighted by Crippen LogP contribution is 2.46. The summed E-state index contributed by atoms with van der Waals surface area (Å²) in [5.41, 5.74) is 12.9. The lowest BCUT2D eigenvalue weighted by molar-refractivity contribution is 1.43. The number of thiophene rings is 1. The van der Waals surface area contributed by atoms with Gasteiger partial charge in [0.1, 0.15) is 0 Å². The number of para-hydroxylation sites is 1. The van der Waals surface area contributed by atoms with E-state index in [9.17, 15) is 0 Å². The Morgan fingerprint density at radius 2 is 0.818 bits per heavy atom. The predicted molar refractivity (Wildman–Crippen MR) is 237 cm³/mol. The van der Waals surface area contributed by atoms with Crippen LogP contribution >= 0.6 is 11.3 Å². The molecule has 2 aromatic heterocycles. The molecule has 0 aliphatic rings. The van der Waals surface area contributed by atoms with Crippen molar-refractivity contribution in [3.05, 3.63) is 200 Å². The maximum absolute atomic E-state index is 5.23. The van der Waals surface area contributed by atoms with E-state index in [1.807, 2.05) is 11.3 Å². The number of pyridine rings is 1. The van der Waals surface area contributed by atoms with Gasteiger partial charge in [0.15, 0.2) is 0 Å². The first kappa shape index (κ1) is 31.6. The Morgan fingerprint density at radius 1 is 0.291 bits per heavy atom. The molecule has 0 fully saturated rings. The highest BCUT2D eigenvalue weighted by molar-refractivity contribution is 7.26. The summed E-state index contributed by atoms with van der Waals surface area (Å²) in [4.78, 5) is 5.23. The van der Waals surface area contributed by atoms with E-state index in [1.54, 1.807) is 0 Å². The van der Waals surface area contributed by atoms with E-state index in [4.69, 9.17) is 4.98 Å². The van der Waals surface area contributed by atoms with Crippen molar-refractivity contribution in [2.45, 2.75) is 0 Å². The fourth-order valence-corrected chi connectivity index (χ4v) is 9.57. The Morgan fingerprint density at radius 3 is 1.47 bits per heavy atom. The van der Waals surface area contributed by atoms with Crippen LogP contribution in [0.1, 0.15) is 0 Å². The topological polar surface area (TPSA) is 12.9 Å². The predicted octanol–water partition coefficient (Wildman–Crippen LogP) is 15.2. The molecule has 0 bridgehead atoms. The summed E-state index contributed by atoms with van der Waals surface area (Å²) < 4.78 is 2.59. The molecule has 0 spiro atoms. The molecule has 0 saturated carbocycles. The number of nitrogens with zero attached hydrogens (tertiary/aromatic N) is 1. The summed E-state index contributed by atoms with van der Waals surface area (Å²) in [5, 5.41) is 8.74. The maximum atomic E-state index is 5.23. The number of benzene rings is 9. The summed E-state index contributed by atoms with van der Waals surface area (Å²) >= 11 is 1.87. The smallest absolute Gasteiger partial charge is 0.0788 e. The van der Waals surface area contributed by atoms with Gasteiger partial charge < -0.3 is 0 Å². The molecule has 9 aromatic carbocycles. The molecule has 11 rings (SSSR count). The minimum Gasteiger partial charge on any atom is -0.247 e. The lowest BCUT2D eigenvalue weighted by Crippen LogP contribution is -1.90. The van der Waals surface area contributed by atoms with E-state index in [2.05, 4.69) is 200 Å². The van der Waals surface area contributed by atoms with Crippen LogP contribution in [0, 0.1) is 0 Å². The van der Waals surface area contributed by atoms with Crippen molar-refractivity contribution in [1.29, 1.82) is 0 Å². The highest BCUT2D eigenvalue weighted by atomic mass is 32.1. The van der Waals surface area contributed by atoms with Crippen molar-refractivity contribution in [2.24, 2.45) is 0 Å². The first-order chi connectivity index (χ1) is 27.3. The molecule has 0 unspecified atom stereocenters. The Kier molecular flexibility index (Phi) is 7.43. The van der Waals surface area contributed by atoms with Gasteiger partial charge in [0.05, 0.1) is 11.2 Å². The van der Waals surface area contributed by atoms with Gasteiger partial charge in [0.25, 0.3) is 0 Å². The zero-order valence-corrected chi connectivity index (χ0v) is 30.7. The zero-order valence-electron chi connectivity index (χ0n) is 29.9. The number of aromatic nitrogens is 1. The van der Waals surface area contributed by atoms with Gasteiger partial charge in [0.2, 0.25) is 0 Å². The molecule has 0 aliphatic heterocycles. The molecule has 0 aliphatic carbocycles. The third kappa shape index (κ3) is 5.34. The van der Waals surface area contributed by atoms with Gasteiger partial charge in [-0.25, -0.2) is 4.98 Å². The third-order valence-corrected chi connectivity index (χ3v) is 12.2. The first-order valence-corrected chi connectivity index (χ1v) is 19.6. The lowest BCUT2D eigenvalue weighted by Gasteiger charge is -2.15. The van der Waals surface area contributed by atoms with Crippen LogP contribution in [0.3, 0.4) is 0 Å². The Balaban J connectivity index is 1.13. The fourth-order valence-electron chi connectivity index (χ4n) is 8.47. The third-order valence-electron chi connectivity index (χ3n) is 11.0. The molecular weight excluding hydrogens is 683 g/mol. The van der Waals surface area contributed by atoms with Gasteiger partial charge in [-0.05, 0) is 97.7 Å². The summed E-state index contributed by atoms with van der Waals surface area (Å²) in [7, 11) is 0. The summed E-state index contributed by atoms with van der Waals surface area (Å²) in [6.45, 7) is 0. The van der Waals surface area contributed by atoms with E-state index in [0.29, 0.717) is 0 Å². The molecule has 256 valence electrons. The quantitative estimate of drug-likeness (QED) is 0.162. The van der Waals surface area contributed by atoms with Gasteiger partial charge in [-0.15, -0.1) is 11.3 Å². The van der Waals surface area contributed by atoms with Crippen molar-refractivity contribution in [2.75, 3.05) is 0 Å². The number of rotatable bonds is 5. The second kappa shape index (κ2) is 12.9. The second-order valence-electron chi connectivity index (χ2n) is 14.3. The SMILES string of the molecule is c1ccc(-c2cc(-c3ccccc3)cc(-c3ccc(-c4ccc5sc6ccc7c(-c8ccccc8)nc8ccccc8c7c6c5c4)c4ccccc34)c2)cc1. The van der Waals surface area contributed by atoms with Crippen LogP contribution in [-0.2, 0) is 0 Å². The second-order valence-corrected chi connectivity index (χ2v) is 15.3. The molecule has 0 atom stereocenters. The van der Waals surface area contributed by atoms with Crippen LogP contribution in [0.5, 0.6) is 0 Å². The van der Waals surface area contributed by atoms with E-state index in [-0.39, 0.29) is 0 Å². The van der Waals surface area contributed by atoms with Crippen molar-refractivity contribution in [1.82, 2.24) is 4.98 Å². The van der Waals surface area contributed by atoms with Gasteiger partial charge in [-0.3, -0.25) is 0 Å². The molecule has 0 amide bonds. The summed E-state index contributed by atoms with van der Waals surface area (Å²) in [6, 6.07) is 72.8. The number of hydrogen-bond acceptors (Lipinski definition) is 2. The van der Waals surface area contributed by atoms with E-state index in [0.717, 1.165) is 16.8 Å². The largest absolute Gasteiger partial charge is 0.247 e. The first-order valence-electron chi connectivity index (χ1n) is 18.8. The van der Waals surface area contributed by atoms with Crippen molar-refractivity contribution >= 4 is 64.0 Å². The van der Waals surface area contributed by atoms with Gasteiger partial charge in [-0.2, -0.15) is 0 Å². The monoisotopic (exact) mass is 715 g/mol. The summed E-state index contributed by atoms with van der Waals surface area (Å²) in [6.07, 6.45) is 0. The van der Waals surface area contributed by atoms with E-state index in [1.165, 1.54) is 91.6 Å². The van der Waals surface area contributed by atoms with Gasteiger partial charge in [0, 0.05) is 41.9 Å². The van der Waals surface area contributed by atoms with Crippen LogP contribution in [-0.4, -0.2) is 4.98 Å². The van der Waals surface area contributed by atoms with Crippen molar-refractivity contribution < 1.29 is 0 Å². The Hall–Kier alpha value is -6.87. The molecule has 0 radical (unpaired) electrons. The van der Waals surface area contributed by atoms with Crippen LogP contribution in [0.15, 0.2) is 200 Å². The molecule has 1 nitrogen and oxygen atoms in total. The number of fused-ring (bicyclic) bond motifs is 8. The minimum atomic E-state index is 1.02. The fraction of sp³-hybridized carbons (Fsp3) is 0. The Bertz CT molecular complexity index is 3180. The standard InChI is InChI=1S/C53H33NS/c1-4-14-34(15-5-1)38-30-39(35-16-6-2-7-17-35)32-40(31-38)42-26-25-41(43-20-10-11-21-44(42)43)37-24-28-49-47(33-37)52-50(55-49)29-27-46-51(52)45-22-12-13-23-48(45)54-53(46)36-18-8-3-9-19-36/h1-33H. The average Bonchev–Trinajstić information content (AvgIpc) is 3.64. The zero-order chi connectivity index (χ0) is 36.3. The maximum Gasteiger partial charge on any atom is 0.0788 e. The van der Waals surface area contributed by atoms with Crippen LogP contribution < -0.4 is 0 Å². The minimum absolute atomic E-state index is 1.02. The normalized spacial score (nSPS) is 11.6. The molecule has 0 N–H and O–H groups in total. The number of hydrogen-bond donors (Lipinski definition) is 0. The molecule has 2 heterocycles. The Labute approximate surface area is 323 Å². The van der Waals surface area contributed by atoms with Crippen LogP contribution in [0.4, 0.5) is 0 Å². The lowest BCUT2D eigenvalue weighted by atomic mass is 9.88. The molecule has 55 heavy (non-hydrogen) atoms. The van der Waals surface area contributed by atoms with Gasteiger partial charge >= 0.3 is 0 Å². The van der Waals surface area contributed by atoms with Gasteiger partial charge in [-0.1, -0.05) is 158 Å². The molecule has 2 heteroatoms. The van der Waals surface area contributed by atoms with Crippen LogP contribution in [0.25, 0.3) is 108 Å². The summed E-state index contributed by atoms with van der Waals surface area (Å²) in [5.74, 6) is 0. The molecular formula is C53H33NS. The molecule has 0 saturated heterocycles. The van der Waals surface area contributed by atoms with E-state index >= 15 is 0 Å². The average molecular weight is 716 g/mol.